The van der Waals surface area contributed by atoms with Crippen molar-refractivity contribution in [3.63, 3.8) is 0 Å². The van der Waals surface area contributed by atoms with Crippen LogP contribution in [0.2, 0.25) is 0 Å². The van der Waals surface area contributed by atoms with Gasteiger partial charge in [0.05, 0.1) is 6.54 Å². The van der Waals surface area contributed by atoms with E-state index in [1.165, 1.54) is 11.3 Å². The minimum atomic E-state index is -0.00717. The van der Waals surface area contributed by atoms with Crippen molar-refractivity contribution < 1.29 is 0 Å². The van der Waals surface area contributed by atoms with Gasteiger partial charge in [-0.3, -0.25) is 4.79 Å². The maximum absolute atomic E-state index is 10.8. The van der Waals surface area contributed by atoms with Crippen LogP contribution in [-0.4, -0.2) is 24.6 Å². The molecule has 0 aliphatic carbocycles. The van der Waals surface area contributed by atoms with E-state index in [0.717, 1.165) is 18.8 Å². The molecule has 0 radical (unpaired) electrons. The Bertz CT molecular complexity index is 349. The molecule has 14 heavy (non-hydrogen) atoms. The van der Waals surface area contributed by atoms with Gasteiger partial charge in [-0.1, -0.05) is 17.3 Å². The highest BCUT2D eigenvalue weighted by atomic mass is 32.1. The zero-order chi connectivity index (χ0) is 10.2. The van der Waals surface area contributed by atoms with Crippen LogP contribution in [0.3, 0.4) is 0 Å². The molecule has 76 valence electrons. The highest BCUT2D eigenvalue weighted by Gasteiger charge is 1.94. The average molecular weight is 211 g/mol. The summed E-state index contributed by atoms with van der Waals surface area (Å²) in [5.41, 5.74) is 0.928. The summed E-state index contributed by atoms with van der Waals surface area (Å²) in [5, 5.41) is 8.06. The van der Waals surface area contributed by atoms with Crippen molar-refractivity contribution in [2.45, 2.75) is 6.54 Å². The summed E-state index contributed by atoms with van der Waals surface area (Å²) < 4.78 is 0. The lowest BCUT2D eigenvalue weighted by molar-refractivity contribution is 0.632. The van der Waals surface area contributed by atoms with E-state index in [0.29, 0.717) is 13.1 Å². The van der Waals surface area contributed by atoms with Gasteiger partial charge < -0.3 is 15.6 Å². The fourth-order valence-corrected chi connectivity index (χ4v) is 1.54. The van der Waals surface area contributed by atoms with Crippen LogP contribution in [0.25, 0.3) is 0 Å². The molecule has 0 saturated heterocycles. The molecule has 1 aromatic rings. The Labute approximate surface area is 86.7 Å². The zero-order valence-electron chi connectivity index (χ0n) is 7.80. The van der Waals surface area contributed by atoms with Crippen molar-refractivity contribution in [1.82, 2.24) is 15.6 Å². The summed E-state index contributed by atoms with van der Waals surface area (Å²) in [4.78, 5) is 13.5. The summed E-state index contributed by atoms with van der Waals surface area (Å²) in [6.07, 6.45) is 5.07. The van der Waals surface area contributed by atoms with E-state index in [-0.39, 0.29) is 4.87 Å². The van der Waals surface area contributed by atoms with Crippen LogP contribution < -0.4 is 15.5 Å². The molecule has 0 spiro atoms. The van der Waals surface area contributed by atoms with Gasteiger partial charge in [-0.2, -0.15) is 0 Å². The van der Waals surface area contributed by atoms with Gasteiger partial charge in [0.15, 0.2) is 0 Å². The third-order valence-corrected chi connectivity index (χ3v) is 2.31. The van der Waals surface area contributed by atoms with Crippen LogP contribution in [0.5, 0.6) is 0 Å². The summed E-state index contributed by atoms with van der Waals surface area (Å²) in [7, 11) is 0. The van der Waals surface area contributed by atoms with Crippen molar-refractivity contribution in [3.8, 4) is 12.3 Å². The van der Waals surface area contributed by atoms with Gasteiger partial charge in [0.1, 0.15) is 0 Å². The monoisotopic (exact) mass is 211 g/mol. The van der Waals surface area contributed by atoms with E-state index < -0.39 is 0 Å². The average Bonchev–Trinajstić information content (AvgIpc) is 2.58. The maximum Gasteiger partial charge on any atom is 0.304 e. The van der Waals surface area contributed by atoms with Gasteiger partial charge in [0.2, 0.25) is 0 Å². The minimum Gasteiger partial charge on any atom is -0.315 e. The molecule has 0 aliphatic heterocycles. The Morgan fingerprint density at radius 2 is 2.29 bits per heavy atom. The molecule has 0 aliphatic rings. The van der Waals surface area contributed by atoms with Crippen molar-refractivity contribution >= 4 is 11.3 Å². The number of hydrogen-bond acceptors (Lipinski definition) is 4. The smallest absolute Gasteiger partial charge is 0.304 e. The Morgan fingerprint density at radius 3 is 2.93 bits per heavy atom. The number of rotatable bonds is 6. The quantitative estimate of drug-likeness (QED) is 0.449. The second kappa shape index (κ2) is 6.38. The molecule has 5 heteroatoms. The second-order valence-corrected chi connectivity index (χ2v) is 3.57. The Morgan fingerprint density at radius 1 is 1.50 bits per heavy atom. The number of nitrogens with one attached hydrogen (secondary N) is 3. The molecule has 0 bridgehead atoms. The van der Waals surface area contributed by atoms with E-state index in [1.54, 1.807) is 0 Å². The van der Waals surface area contributed by atoms with Crippen molar-refractivity contribution in [2.24, 2.45) is 0 Å². The van der Waals surface area contributed by atoms with Crippen LogP contribution in [0.1, 0.15) is 5.69 Å². The zero-order valence-corrected chi connectivity index (χ0v) is 8.62. The van der Waals surface area contributed by atoms with E-state index in [1.807, 2.05) is 5.38 Å². The first kappa shape index (κ1) is 11.0. The van der Waals surface area contributed by atoms with Crippen molar-refractivity contribution in [1.29, 1.82) is 0 Å². The molecule has 0 unspecified atom stereocenters. The number of aromatic nitrogens is 1. The predicted octanol–water partition coefficient (Wildman–Crippen LogP) is -0.251. The van der Waals surface area contributed by atoms with Gasteiger partial charge >= 0.3 is 4.87 Å². The number of aromatic amines is 1. The molecule has 1 rings (SSSR count). The summed E-state index contributed by atoms with van der Waals surface area (Å²) in [5.74, 6) is 2.49. The van der Waals surface area contributed by atoms with Crippen molar-refractivity contribution in [2.75, 3.05) is 19.6 Å². The fraction of sp³-hybridized carbons (Fsp3) is 0.444. The molecule has 0 aromatic carbocycles. The predicted molar refractivity (Wildman–Crippen MR) is 58.3 cm³/mol. The first-order valence-corrected chi connectivity index (χ1v) is 5.22. The molecule has 0 fully saturated rings. The molecule has 4 nitrogen and oxygen atoms in total. The first-order valence-electron chi connectivity index (χ1n) is 4.34. The SMILES string of the molecule is C#CCNCCNCc1csc(=O)[nH]1. The number of terminal acetylenes is 1. The minimum absolute atomic E-state index is 0.00717. The lowest BCUT2D eigenvalue weighted by Crippen LogP contribution is -2.27. The molecule has 0 amide bonds. The molecule has 0 saturated carbocycles. The molecule has 1 heterocycles. The summed E-state index contributed by atoms with van der Waals surface area (Å²) in [6, 6.07) is 0. The molecule has 3 N–H and O–H groups in total. The third kappa shape index (κ3) is 4.23. The summed E-state index contributed by atoms with van der Waals surface area (Å²) in [6.45, 7) is 2.95. The summed E-state index contributed by atoms with van der Waals surface area (Å²) >= 11 is 1.18. The molecule has 1 aromatic heterocycles. The van der Waals surface area contributed by atoms with Crippen molar-refractivity contribution in [3.05, 3.63) is 20.7 Å². The van der Waals surface area contributed by atoms with Crippen LogP contribution >= 0.6 is 11.3 Å². The lowest BCUT2D eigenvalue weighted by atomic mass is 10.4. The van der Waals surface area contributed by atoms with E-state index in [4.69, 9.17) is 6.42 Å². The van der Waals surface area contributed by atoms with Gasteiger partial charge in [0.25, 0.3) is 0 Å². The standard InChI is InChI=1S/C9H13N3OS/c1-2-3-10-4-5-11-6-8-7-14-9(13)12-8/h1,7,10-11H,3-6H2,(H,12,13). The first-order chi connectivity index (χ1) is 6.83. The maximum atomic E-state index is 10.8. The van der Waals surface area contributed by atoms with Gasteiger partial charge in [-0.05, 0) is 0 Å². The Balaban J connectivity index is 2.05. The van der Waals surface area contributed by atoms with Gasteiger partial charge in [-0.15, -0.1) is 6.42 Å². The molecule has 0 atom stereocenters. The van der Waals surface area contributed by atoms with Crippen LogP contribution in [0, 0.1) is 12.3 Å². The number of hydrogen-bond donors (Lipinski definition) is 3. The van der Waals surface area contributed by atoms with E-state index in [9.17, 15) is 4.79 Å². The molecular weight excluding hydrogens is 198 g/mol. The van der Waals surface area contributed by atoms with Crippen LogP contribution in [0.4, 0.5) is 0 Å². The highest BCUT2D eigenvalue weighted by molar-refractivity contribution is 7.07. The Kier molecular flexibility index (Phi) is 5.00. The van der Waals surface area contributed by atoms with Crippen LogP contribution in [-0.2, 0) is 6.54 Å². The van der Waals surface area contributed by atoms with Gasteiger partial charge in [0, 0.05) is 30.7 Å². The normalized spacial score (nSPS) is 9.93. The highest BCUT2D eigenvalue weighted by Crippen LogP contribution is 1.93. The van der Waals surface area contributed by atoms with Gasteiger partial charge in [-0.25, -0.2) is 0 Å². The van der Waals surface area contributed by atoms with Crippen LogP contribution in [0.15, 0.2) is 10.2 Å². The third-order valence-electron chi connectivity index (χ3n) is 1.59. The second-order valence-electron chi connectivity index (χ2n) is 2.73. The number of H-pyrrole nitrogens is 1. The largest absolute Gasteiger partial charge is 0.315 e. The fourth-order valence-electron chi connectivity index (χ4n) is 0.961. The topological polar surface area (TPSA) is 56.9 Å². The number of thiazole rings is 1. The molecular formula is C9H13N3OS. The Hall–Kier alpha value is -1.09. The lowest BCUT2D eigenvalue weighted by Gasteiger charge is -2.02. The van der Waals surface area contributed by atoms with E-state index >= 15 is 0 Å². The van der Waals surface area contributed by atoms with E-state index in [2.05, 4.69) is 21.5 Å².